The number of fused-ring (bicyclic) bond motifs is 1. The minimum absolute atomic E-state index is 0.0534. The second-order valence-corrected chi connectivity index (χ2v) is 10.6. The van der Waals surface area contributed by atoms with Crippen molar-refractivity contribution < 1.29 is 17.6 Å². The Morgan fingerprint density at radius 1 is 1.18 bits per heavy atom. The van der Waals surface area contributed by atoms with Gasteiger partial charge in [-0.25, -0.2) is 22.5 Å². The molecule has 1 aliphatic carbocycles. The normalized spacial score (nSPS) is 20.0. The van der Waals surface area contributed by atoms with Gasteiger partial charge in [-0.15, -0.1) is 0 Å². The number of nitrogens with zero attached hydrogens (tertiary/aromatic N) is 2. The van der Waals surface area contributed by atoms with Crippen LogP contribution in [0, 0.1) is 18.7 Å². The fourth-order valence-corrected chi connectivity index (χ4v) is 5.78. The lowest BCUT2D eigenvalue weighted by Crippen LogP contribution is -2.41. The summed E-state index contributed by atoms with van der Waals surface area (Å²) in [6, 6.07) is 7.29. The third-order valence-corrected chi connectivity index (χ3v) is 7.93. The summed E-state index contributed by atoms with van der Waals surface area (Å²) < 4.78 is 43.7. The molecule has 9 heteroatoms. The van der Waals surface area contributed by atoms with E-state index in [1.165, 1.54) is 18.3 Å². The number of pyridine rings is 1. The van der Waals surface area contributed by atoms with Crippen LogP contribution >= 0.6 is 0 Å². The van der Waals surface area contributed by atoms with Crippen LogP contribution in [0.5, 0.6) is 0 Å². The minimum atomic E-state index is -3.71. The molecule has 1 unspecified atom stereocenters. The van der Waals surface area contributed by atoms with Gasteiger partial charge in [0, 0.05) is 36.8 Å². The molecule has 1 amide bonds. The number of sulfonamides is 1. The topological polar surface area (TPSA) is 93.1 Å². The molecule has 4 rings (SSSR count). The first-order valence-corrected chi connectivity index (χ1v) is 12.6. The fourth-order valence-electron chi connectivity index (χ4n) is 4.50. The van der Waals surface area contributed by atoms with Gasteiger partial charge in [-0.1, -0.05) is 12.1 Å². The van der Waals surface area contributed by atoms with Gasteiger partial charge < -0.3 is 9.88 Å². The number of nitrogens with one attached hydrogen (secondary N) is 2. The molecule has 176 valence electrons. The van der Waals surface area contributed by atoms with Crippen molar-refractivity contribution in [2.75, 3.05) is 0 Å². The average Bonchev–Trinajstić information content (AvgIpc) is 3.07. The van der Waals surface area contributed by atoms with E-state index in [4.69, 9.17) is 0 Å². The van der Waals surface area contributed by atoms with E-state index in [1.54, 1.807) is 18.2 Å². The number of aromatic nitrogens is 2. The highest BCUT2D eigenvalue weighted by atomic mass is 32.2. The van der Waals surface area contributed by atoms with Crippen molar-refractivity contribution in [2.24, 2.45) is 13.0 Å². The Balaban J connectivity index is 1.34. The average molecular weight is 473 g/mol. The number of amides is 1. The number of halogens is 1. The molecular formula is C24H29FN4O3S. The van der Waals surface area contributed by atoms with Gasteiger partial charge in [0.15, 0.2) is 0 Å². The number of carbonyl (C=O) groups is 1. The Bertz CT molecular complexity index is 1260. The molecule has 0 spiro atoms. The smallest absolute Gasteiger partial charge is 0.242 e. The number of hydrogen-bond acceptors (Lipinski definition) is 4. The molecule has 2 N–H and O–H groups in total. The SMILES string of the molecule is Cc1cn(C)c2ncc(S(=O)(=O)NC3CCC(C(=O)NC(C)c4ccc(F)cc4)CC3)cc12. The summed E-state index contributed by atoms with van der Waals surface area (Å²) in [6.45, 7) is 3.79. The first-order chi connectivity index (χ1) is 15.6. The van der Waals surface area contributed by atoms with Crippen molar-refractivity contribution in [3.05, 3.63) is 59.7 Å². The maximum atomic E-state index is 13.1. The van der Waals surface area contributed by atoms with E-state index in [9.17, 15) is 17.6 Å². The molecular weight excluding hydrogens is 443 g/mol. The van der Waals surface area contributed by atoms with Crippen LogP contribution < -0.4 is 10.0 Å². The molecule has 1 aliphatic rings. The van der Waals surface area contributed by atoms with Crippen molar-refractivity contribution in [3.8, 4) is 0 Å². The van der Waals surface area contributed by atoms with Crippen LogP contribution in [0.25, 0.3) is 11.0 Å². The lowest BCUT2D eigenvalue weighted by atomic mass is 9.85. The highest BCUT2D eigenvalue weighted by molar-refractivity contribution is 7.89. The number of hydrogen-bond donors (Lipinski definition) is 2. The summed E-state index contributed by atoms with van der Waals surface area (Å²) in [6.07, 6.45) is 5.68. The predicted molar refractivity (Wildman–Crippen MR) is 124 cm³/mol. The Morgan fingerprint density at radius 3 is 2.52 bits per heavy atom. The van der Waals surface area contributed by atoms with Crippen molar-refractivity contribution in [1.82, 2.24) is 19.6 Å². The quantitative estimate of drug-likeness (QED) is 0.572. The van der Waals surface area contributed by atoms with Gasteiger partial charge in [-0.2, -0.15) is 0 Å². The summed E-state index contributed by atoms with van der Waals surface area (Å²) in [4.78, 5) is 17.2. The molecule has 3 aromatic rings. The third-order valence-electron chi connectivity index (χ3n) is 6.45. The van der Waals surface area contributed by atoms with Crippen LogP contribution in [0.4, 0.5) is 4.39 Å². The predicted octanol–water partition coefficient (Wildman–Crippen LogP) is 3.74. The van der Waals surface area contributed by atoms with Gasteiger partial charge in [0.25, 0.3) is 0 Å². The third kappa shape index (κ3) is 5.09. The van der Waals surface area contributed by atoms with E-state index < -0.39 is 10.0 Å². The molecule has 7 nitrogen and oxygen atoms in total. The van der Waals surface area contributed by atoms with Crippen molar-refractivity contribution in [3.63, 3.8) is 0 Å². The van der Waals surface area contributed by atoms with Gasteiger partial charge in [-0.3, -0.25) is 4.79 Å². The first kappa shape index (κ1) is 23.4. The highest BCUT2D eigenvalue weighted by Gasteiger charge is 2.30. The summed E-state index contributed by atoms with van der Waals surface area (Å²) in [5, 5.41) is 3.80. The fraction of sp³-hybridized carbons (Fsp3) is 0.417. The lowest BCUT2D eigenvalue weighted by molar-refractivity contribution is -0.126. The number of aryl methyl sites for hydroxylation is 2. The van der Waals surface area contributed by atoms with Gasteiger partial charge in [0.2, 0.25) is 15.9 Å². The minimum Gasteiger partial charge on any atom is -0.349 e. The summed E-state index contributed by atoms with van der Waals surface area (Å²) in [7, 11) is -1.83. The van der Waals surface area contributed by atoms with Gasteiger partial charge in [0.05, 0.1) is 6.04 Å². The van der Waals surface area contributed by atoms with Crippen molar-refractivity contribution >= 4 is 27.0 Å². The van der Waals surface area contributed by atoms with Crippen molar-refractivity contribution in [2.45, 2.75) is 56.5 Å². The molecule has 1 saturated carbocycles. The van der Waals surface area contributed by atoms with Crippen LogP contribution in [0.15, 0.2) is 47.6 Å². The van der Waals surface area contributed by atoms with Crippen LogP contribution in [-0.2, 0) is 21.9 Å². The molecule has 1 atom stereocenters. The number of carbonyl (C=O) groups excluding carboxylic acids is 1. The maximum Gasteiger partial charge on any atom is 0.242 e. The molecule has 1 fully saturated rings. The largest absolute Gasteiger partial charge is 0.349 e. The molecule has 0 aliphatic heterocycles. The second-order valence-electron chi connectivity index (χ2n) is 8.92. The summed E-state index contributed by atoms with van der Waals surface area (Å²) >= 11 is 0. The van der Waals surface area contributed by atoms with E-state index in [0.29, 0.717) is 25.7 Å². The van der Waals surface area contributed by atoms with E-state index >= 15 is 0 Å². The Morgan fingerprint density at radius 2 is 1.85 bits per heavy atom. The summed E-state index contributed by atoms with van der Waals surface area (Å²) in [5.41, 5.74) is 2.55. The zero-order chi connectivity index (χ0) is 23.8. The van der Waals surface area contributed by atoms with Crippen LogP contribution in [0.1, 0.15) is 49.8 Å². The summed E-state index contributed by atoms with van der Waals surface area (Å²) in [5.74, 6) is -0.534. The molecule has 0 bridgehead atoms. The van der Waals surface area contributed by atoms with E-state index in [1.807, 2.05) is 31.7 Å². The molecule has 33 heavy (non-hydrogen) atoms. The van der Waals surface area contributed by atoms with Gasteiger partial charge in [0.1, 0.15) is 16.4 Å². The Hall–Kier alpha value is -2.78. The maximum absolute atomic E-state index is 13.1. The molecule has 2 aromatic heterocycles. The molecule has 0 radical (unpaired) electrons. The van der Waals surface area contributed by atoms with Crippen LogP contribution in [0.3, 0.4) is 0 Å². The van der Waals surface area contributed by atoms with Gasteiger partial charge in [-0.05, 0) is 68.9 Å². The lowest BCUT2D eigenvalue weighted by Gasteiger charge is -2.29. The number of rotatable bonds is 6. The second kappa shape index (κ2) is 9.23. The Kier molecular flexibility index (Phi) is 6.54. The van der Waals surface area contributed by atoms with Gasteiger partial charge >= 0.3 is 0 Å². The standard InChI is InChI=1S/C24H29FN4O3S/c1-15-14-29(3)23-22(15)12-21(13-26-23)33(31,32)28-20-10-6-18(7-11-20)24(30)27-16(2)17-4-8-19(25)9-5-17/h4-5,8-9,12-14,16,18,20,28H,6-7,10-11H2,1-3H3,(H,27,30). The Labute approximate surface area is 193 Å². The van der Waals surface area contributed by atoms with E-state index in [2.05, 4.69) is 15.0 Å². The number of benzene rings is 1. The molecule has 1 aromatic carbocycles. The zero-order valence-corrected chi connectivity index (χ0v) is 19.8. The van der Waals surface area contributed by atoms with E-state index in [-0.39, 0.29) is 34.6 Å². The van der Waals surface area contributed by atoms with Crippen LogP contribution in [0.2, 0.25) is 0 Å². The highest BCUT2D eigenvalue weighted by Crippen LogP contribution is 2.27. The van der Waals surface area contributed by atoms with E-state index in [0.717, 1.165) is 22.2 Å². The monoisotopic (exact) mass is 472 g/mol. The molecule has 0 saturated heterocycles. The zero-order valence-electron chi connectivity index (χ0n) is 19.0. The van der Waals surface area contributed by atoms with Crippen LogP contribution in [-0.4, -0.2) is 29.9 Å². The first-order valence-electron chi connectivity index (χ1n) is 11.1. The molecule has 2 heterocycles. The van der Waals surface area contributed by atoms with Crippen molar-refractivity contribution in [1.29, 1.82) is 0 Å².